The van der Waals surface area contributed by atoms with Crippen LogP contribution in [0.5, 0.6) is 0 Å². The second kappa shape index (κ2) is 8.24. The largest absolute Gasteiger partial charge is 0.352 e. The molecule has 1 heterocycles. The summed E-state index contributed by atoms with van der Waals surface area (Å²) >= 11 is 0. The van der Waals surface area contributed by atoms with Crippen molar-refractivity contribution in [3.63, 3.8) is 0 Å². The molecule has 5 nitrogen and oxygen atoms in total. The van der Waals surface area contributed by atoms with E-state index in [-0.39, 0.29) is 29.7 Å². The molecule has 0 unspecified atom stereocenters. The molecule has 1 atom stereocenters. The number of sulfonamides is 1. The monoisotopic (exact) mass is 418 g/mol. The minimum absolute atomic E-state index is 0.136. The summed E-state index contributed by atoms with van der Waals surface area (Å²) in [6.07, 6.45) is 1.23. The molecule has 7 heteroatoms. The van der Waals surface area contributed by atoms with Crippen molar-refractivity contribution in [2.45, 2.75) is 45.1 Å². The number of hydrogen-bond donors (Lipinski definition) is 1. The molecule has 0 aliphatic carbocycles. The highest BCUT2D eigenvalue weighted by Crippen LogP contribution is 2.33. The summed E-state index contributed by atoms with van der Waals surface area (Å²) in [5, 5.41) is 2.87. The Morgan fingerprint density at radius 2 is 1.83 bits per heavy atom. The number of carbonyl (C=O) groups is 1. The molecule has 1 N–H and O–H groups in total. The lowest BCUT2D eigenvalue weighted by Crippen LogP contribution is -2.51. The molecule has 0 bridgehead atoms. The summed E-state index contributed by atoms with van der Waals surface area (Å²) in [7, 11) is -3.67. The smallest absolute Gasteiger partial charge is 0.243 e. The van der Waals surface area contributed by atoms with E-state index < -0.39 is 15.4 Å². The maximum absolute atomic E-state index is 13.1. The number of nitrogens with zero attached hydrogens (tertiary/aromatic N) is 1. The predicted molar refractivity (Wildman–Crippen MR) is 110 cm³/mol. The van der Waals surface area contributed by atoms with E-state index in [9.17, 15) is 17.6 Å². The van der Waals surface area contributed by atoms with Crippen LogP contribution in [0.1, 0.15) is 36.5 Å². The van der Waals surface area contributed by atoms with Crippen LogP contribution in [0.15, 0.2) is 47.4 Å². The van der Waals surface area contributed by atoms with Crippen molar-refractivity contribution >= 4 is 15.9 Å². The Balaban J connectivity index is 1.73. The average Bonchev–Trinajstić information content (AvgIpc) is 2.69. The fourth-order valence-corrected chi connectivity index (χ4v) is 5.29. The van der Waals surface area contributed by atoms with Gasteiger partial charge in [-0.2, -0.15) is 4.31 Å². The van der Waals surface area contributed by atoms with Gasteiger partial charge in [-0.15, -0.1) is 0 Å². The molecular weight excluding hydrogens is 391 g/mol. The third kappa shape index (κ3) is 4.67. The van der Waals surface area contributed by atoms with Crippen LogP contribution in [-0.4, -0.2) is 31.7 Å². The molecule has 0 radical (unpaired) electrons. The molecule has 2 aromatic carbocycles. The number of piperidine rings is 1. The highest BCUT2D eigenvalue weighted by atomic mass is 32.2. The van der Waals surface area contributed by atoms with Crippen molar-refractivity contribution in [2.24, 2.45) is 5.41 Å². The van der Waals surface area contributed by atoms with Gasteiger partial charge < -0.3 is 5.32 Å². The second-order valence-electron chi connectivity index (χ2n) is 8.06. The number of benzene rings is 2. The van der Waals surface area contributed by atoms with E-state index in [0.717, 1.165) is 16.7 Å². The molecule has 1 fully saturated rings. The molecule has 29 heavy (non-hydrogen) atoms. The minimum atomic E-state index is -3.67. The van der Waals surface area contributed by atoms with Gasteiger partial charge in [0.15, 0.2) is 0 Å². The van der Waals surface area contributed by atoms with Crippen LogP contribution in [0.3, 0.4) is 0 Å². The van der Waals surface area contributed by atoms with E-state index in [1.165, 1.54) is 16.4 Å². The van der Waals surface area contributed by atoms with Crippen LogP contribution in [0.25, 0.3) is 0 Å². The van der Waals surface area contributed by atoms with Crippen molar-refractivity contribution in [3.05, 3.63) is 65.0 Å². The highest BCUT2D eigenvalue weighted by Gasteiger charge is 2.41. The maximum Gasteiger partial charge on any atom is 0.243 e. The van der Waals surface area contributed by atoms with Crippen molar-refractivity contribution in [3.8, 4) is 0 Å². The van der Waals surface area contributed by atoms with Crippen molar-refractivity contribution in [2.75, 3.05) is 13.1 Å². The third-order valence-corrected chi connectivity index (χ3v) is 7.53. The molecule has 0 aromatic heterocycles. The van der Waals surface area contributed by atoms with Gasteiger partial charge in [-0.05, 0) is 74.6 Å². The molecular formula is C22H27FN2O3S. The average molecular weight is 419 g/mol. The first kappa shape index (κ1) is 21.5. The molecule has 1 aliphatic rings. The number of amides is 1. The predicted octanol–water partition coefficient (Wildman–Crippen LogP) is 3.55. The SMILES string of the molecule is Cc1ccc(S(=O)(=O)N2CCC[C@@](C)(C(=O)NCc3ccc(F)cc3)C2)cc1C. The van der Waals surface area contributed by atoms with Gasteiger partial charge in [-0.1, -0.05) is 18.2 Å². The molecule has 2 aromatic rings. The zero-order valence-corrected chi connectivity index (χ0v) is 17.9. The van der Waals surface area contributed by atoms with E-state index in [2.05, 4.69) is 5.32 Å². The first-order valence-corrected chi connectivity index (χ1v) is 11.2. The summed E-state index contributed by atoms with van der Waals surface area (Å²) < 4.78 is 40.7. The second-order valence-corrected chi connectivity index (χ2v) is 10.00. The molecule has 1 saturated heterocycles. The fraction of sp³-hybridized carbons (Fsp3) is 0.409. The van der Waals surface area contributed by atoms with Gasteiger partial charge in [0.1, 0.15) is 5.82 Å². The summed E-state index contributed by atoms with van der Waals surface area (Å²) in [6.45, 7) is 6.44. The Morgan fingerprint density at radius 3 is 2.48 bits per heavy atom. The Morgan fingerprint density at radius 1 is 1.14 bits per heavy atom. The quantitative estimate of drug-likeness (QED) is 0.808. The summed E-state index contributed by atoms with van der Waals surface area (Å²) in [5.41, 5.74) is 1.93. The van der Waals surface area contributed by atoms with Crippen molar-refractivity contribution < 1.29 is 17.6 Å². The molecule has 3 rings (SSSR count). The number of nitrogens with one attached hydrogen (secondary N) is 1. The Labute approximate surface area is 172 Å². The van der Waals surface area contributed by atoms with Crippen molar-refractivity contribution in [1.82, 2.24) is 9.62 Å². The van der Waals surface area contributed by atoms with Gasteiger partial charge in [0.05, 0.1) is 10.3 Å². The van der Waals surface area contributed by atoms with Gasteiger partial charge >= 0.3 is 0 Å². The maximum atomic E-state index is 13.1. The number of halogens is 1. The van der Waals surface area contributed by atoms with Crippen LogP contribution >= 0.6 is 0 Å². The standard InChI is InChI=1S/C22H27FN2O3S/c1-16-5-10-20(13-17(16)2)29(27,28)25-12-4-11-22(3,15-25)21(26)24-14-18-6-8-19(23)9-7-18/h5-10,13H,4,11-12,14-15H2,1-3H3,(H,24,26)/t22-/m1/s1. The summed E-state index contributed by atoms with van der Waals surface area (Å²) in [5.74, 6) is -0.520. The van der Waals surface area contributed by atoms with Gasteiger partial charge in [-0.25, -0.2) is 12.8 Å². The lowest BCUT2D eigenvalue weighted by atomic mass is 9.82. The van der Waals surface area contributed by atoms with E-state index in [1.807, 2.05) is 13.8 Å². The number of hydrogen-bond acceptors (Lipinski definition) is 3. The Kier molecular flexibility index (Phi) is 6.10. The first-order valence-electron chi connectivity index (χ1n) is 9.72. The number of rotatable bonds is 5. The van der Waals surface area contributed by atoms with Gasteiger partial charge in [0.2, 0.25) is 15.9 Å². The minimum Gasteiger partial charge on any atom is -0.352 e. The number of carbonyl (C=O) groups excluding carboxylic acids is 1. The zero-order valence-electron chi connectivity index (χ0n) is 17.0. The van der Waals surface area contributed by atoms with Crippen LogP contribution in [0.4, 0.5) is 4.39 Å². The van der Waals surface area contributed by atoms with Gasteiger partial charge in [-0.3, -0.25) is 4.79 Å². The van der Waals surface area contributed by atoms with E-state index in [0.29, 0.717) is 19.4 Å². The summed E-state index contributed by atoms with van der Waals surface area (Å²) in [4.78, 5) is 13.1. The number of aryl methyl sites for hydroxylation is 2. The van der Waals surface area contributed by atoms with E-state index in [1.54, 1.807) is 37.3 Å². The molecule has 0 saturated carbocycles. The van der Waals surface area contributed by atoms with Crippen LogP contribution in [0.2, 0.25) is 0 Å². The van der Waals surface area contributed by atoms with Crippen LogP contribution in [-0.2, 0) is 21.4 Å². The van der Waals surface area contributed by atoms with Gasteiger partial charge in [0.25, 0.3) is 0 Å². The lowest BCUT2D eigenvalue weighted by Gasteiger charge is -2.38. The first-order chi connectivity index (χ1) is 13.6. The molecule has 156 valence electrons. The third-order valence-electron chi connectivity index (χ3n) is 5.69. The van der Waals surface area contributed by atoms with Crippen LogP contribution in [0, 0.1) is 25.1 Å². The van der Waals surface area contributed by atoms with Crippen LogP contribution < -0.4 is 5.32 Å². The Hall–Kier alpha value is -2.25. The zero-order chi connectivity index (χ0) is 21.2. The normalized spacial score (nSPS) is 20.4. The summed E-state index contributed by atoms with van der Waals surface area (Å²) in [6, 6.07) is 11.1. The van der Waals surface area contributed by atoms with Crippen molar-refractivity contribution in [1.29, 1.82) is 0 Å². The van der Waals surface area contributed by atoms with Gasteiger partial charge in [0, 0.05) is 19.6 Å². The highest BCUT2D eigenvalue weighted by molar-refractivity contribution is 7.89. The topological polar surface area (TPSA) is 66.5 Å². The van der Waals surface area contributed by atoms with E-state index >= 15 is 0 Å². The Bertz CT molecular complexity index is 1010. The molecule has 1 aliphatic heterocycles. The molecule has 1 amide bonds. The fourth-order valence-electron chi connectivity index (χ4n) is 3.60. The lowest BCUT2D eigenvalue weighted by molar-refractivity contribution is -0.132. The molecule has 0 spiro atoms. The van der Waals surface area contributed by atoms with E-state index in [4.69, 9.17) is 0 Å².